The summed E-state index contributed by atoms with van der Waals surface area (Å²) in [7, 11) is 1.66. The predicted octanol–water partition coefficient (Wildman–Crippen LogP) is 4.28. The Hall–Kier alpha value is -3.70. The van der Waals surface area contributed by atoms with E-state index in [4.69, 9.17) is 27.9 Å². The molecule has 2 aliphatic rings. The van der Waals surface area contributed by atoms with Crippen molar-refractivity contribution >= 4 is 34.9 Å². The van der Waals surface area contributed by atoms with Crippen molar-refractivity contribution < 1.29 is 23.8 Å². The Kier molecular flexibility index (Phi) is 6.66. The Morgan fingerprint density at radius 1 is 1.10 bits per heavy atom. The van der Waals surface area contributed by atoms with E-state index in [1.807, 2.05) is 0 Å². The molecule has 0 radical (unpaired) electrons. The summed E-state index contributed by atoms with van der Waals surface area (Å²) in [4.78, 5) is 37.2. The number of carbonyl (C=O) groups excluding carboxylic acids is 2. The standard InChI is InChI=1S/C28H22Cl2FN5O4/c1-35-13-16(10-34-35)26(38)15-6-22-25(23(31)7-15)28(40-21-8-20(37)9-21,17-2-4-18(29)5-3-17)36(27(22)39)14-24-32-11-19(30)12-33-24/h2-7,10-13,20-21,37H,8-9,14H2,1H3/t20?,21?,28-/m1/s1. The van der Waals surface area contributed by atoms with Gasteiger partial charge in [-0.1, -0.05) is 35.3 Å². The van der Waals surface area contributed by atoms with E-state index in [0.717, 1.165) is 6.07 Å². The third kappa shape index (κ3) is 4.46. The largest absolute Gasteiger partial charge is 0.393 e. The second kappa shape index (κ2) is 10.0. The number of fused-ring (bicyclic) bond motifs is 1. The second-order valence-electron chi connectivity index (χ2n) is 9.84. The van der Waals surface area contributed by atoms with Crippen molar-refractivity contribution in [3.8, 4) is 0 Å². The summed E-state index contributed by atoms with van der Waals surface area (Å²) in [5, 5.41) is 14.8. The van der Waals surface area contributed by atoms with Gasteiger partial charge in [-0.2, -0.15) is 5.10 Å². The first-order chi connectivity index (χ1) is 19.2. The number of halogens is 3. The lowest BCUT2D eigenvalue weighted by atomic mass is 9.88. The molecule has 1 N–H and O–H groups in total. The number of aliphatic hydroxyl groups is 1. The van der Waals surface area contributed by atoms with Gasteiger partial charge in [0.25, 0.3) is 5.91 Å². The van der Waals surface area contributed by atoms with E-state index < -0.39 is 35.4 Å². The van der Waals surface area contributed by atoms with E-state index in [1.54, 1.807) is 31.3 Å². The topological polar surface area (TPSA) is 110 Å². The summed E-state index contributed by atoms with van der Waals surface area (Å²) in [6, 6.07) is 9.04. The highest BCUT2D eigenvalue weighted by molar-refractivity contribution is 6.30. The van der Waals surface area contributed by atoms with Crippen molar-refractivity contribution in [1.82, 2.24) is 24.6 Å². The Labute approximate surface area is 238 Å². The van der Waals surface area contributed by atoms with Crippen LogP contribution in [0.25, 0.3) is 0 Å². The molecule has 2 aromatic carbocycles. The minimum Gasteiger partial charge on any atom is -0.393 e. The Morgan fingerprint density at radius 2 is 1.80 bits per heavy atom. The number of aliphatic hydroxyl groups excluding tert-OH is 1. The highest BCUT2D eigenvalue weighted by Gasteiger charge is 2.56. The molecule has 9 nitrogen and oxygen atoms in total. The summed E-state index contributed by atoms with van der Waals surface area (Å²) in [6.45, 7) is -0.159. The van der Waals surface area contributed by atoms with Gasteiger partial charge < -0.3 is 9.84 Å². The maximum absolute atomic E-state index is 16.3. The third-order valence-corrected chi connectivity index (χ3v) is 7.58. The summed E-state index contributed by atoms with van der Waals surface area (Å²) >= 11 is 12.2. The molecule has 204 valence electrons. The molecule has 2 aromatic heterocycles. The average molecular weight is 582 g/mol. The molecular weight excluding hydrogens is 560 g/mol. The molecule has 0 saturated heterocycles. The van der Waals surface area contributed by atoms with Gasteiger partial charge in [0.05, 0.1) is 46.7 Å². The molecule has 1 atom stereocenters. The van der Waals surface area contributed by atoms with Crippen molar-refractivity contribution in [2.45, 2.75) is 37.3 Å². The molecule has 0 unspecified atom stereocenters. The SMILES string of the molecule is Cn1cc(C(=O)c2cc(F)c3c(c2)C(=O)N(Cc2ncc(Cl)cn2)[C@@]3(OC2CC(O)C2)c2ccc(Cl)cc2)cn1. The van der Waals surface area contributed by atoms with Crippen LogP contribution in [0, 0.1) is 5.82 Å². The average Bonchev–Trinajstić information content (AvgIpc) is 3.45. The Balaban J connectivity index is 1.55. The third-order valence-electron chi connectivity index (χ3n) is 7.13. The Morgan fingerprint density at radius 3 is 2.42 bits per heavy atom. The van der Waals surface area contributed by atoms with Crippen molar-refractivity contribution in [2.75, 3.05) is 0 Å². The van der Waals surface area contributed by atoms with Crippen LogP contribution in [0.15, 0.2) is 61.2 Å². The van der Waals surface area contributed by atoms with Crippen molar-refractivity contribution in [3.63, 3.8) is 0 Å². The van der Waals surface area contributed by atoms with Gasteiger partial charge in [0, 0.05) is 41.8 Å². The van der Waals surface area contributed by atoms with E-state index in [-0.39, 0.29) is 34.6 Å². The fourth-order valence-electron chi connectivity index (χ4n) is 5.17. The number of carbonyl (C=O) groups is 2. The molecule has 1 aliphatic heterocycles. The lowest BCUT2D eigenvalue weighted by Gasteiger charge is -2.45. The molecular formula is C28H22Cl2FN5O4. The zero-order chi connectivity index (χ0) is 28.2. The van der Waals surface area contributed by atoms with Gasteiger partial charge in [-0.05, 0) is 37.1 Å². The van der Waals surface area contributed by atoms with Crippen LogP contribution < -0.4 is 0 Å². The molecule has 0 spiro atoms. The van der Waals surface area contributed by atoms with Crippen molar-refractivity contribution in [3.05, 3.63) is 111 Å². The van der Waals surface area contributed by atoms with E-state index in [1.165, 1.54) is 40.4 Å². The van der Waals surface area contributed by atoms with E-state index in [0.29, 0.717) is 28.5 Å². The summed E-state index contributed by atoms with van der Waals surface area (Å²) in [5.74, 6) is -1.62. The van der Waals surface area contributed by atoms with Crippen LogP contribution in [-0.4, -0.2) is 53.7 Å². The lowest BCUT2D eigenvalue weighted by Crippen LogP contribution is -2.51. The van der Waals surface area contributed by atoms with Gasteiger partial charge >= 0.3 is 0 Å². The number of benzene rings is 2. The highest BCUT2D eigenvalue weighted by Crippen LogP contribution is 2.50. The van der Waals surface area contributed by atoms with E-state index in [9.17, 15) is 14.7 Å². The van der Waals surface area contributed by atoms with Crippen LogP contribution in [-0.2, 0) is 24.1 Å². The summed E-state index contributed by atoms with van der Waals surface area (Å²) in [6.07, 6.45) is 5.26. The monoisotopic (exact) mass is 581 g/mol. The predicted molar refractivity (Wildman–Crippen MR) is 142 cm³/mol. The minimum absolute atomic E-state index is 0.00809. The Bertz CT molecular complexity index is 1620. The van der Waals surface area contributed by atoms with Crippen LogP contribution in [0.5, 0.6) is 0 Å². The zero-order valence-electron chi connectivity index (χ0n) is 21.1. The summed E-state index contributed by atoms with van der Waals surface area (Å²) < 4.78 is 24.4. The highest BCUT2D eigenvalue weighted by atomic mass is 35.5. The number of ether oxygens (including phenoxy) is 1. The molecule has 1 amide bonds. The molecule has 0 bridgehead atoms. The molecule has 4 aromatic rings. The number of hydrogen-bond acceptors (Lipinski definition) is 7. The van der Waals surface area contributed by atoms with Gasteiger partial charge in [-0.25, -0.2) is 14.4 Å². The fourth-order valence-corrected chi connectivity index (χ4v) is 5.39. The van der Waals surface area contributed by atoms with Gasteiger partial charge in [0.15, 0.2) is 5.78 Å². The van der Waals surface area contributed by atoms with Crippen LogP contribution in [0.1, 0.15) is 56.1 Å². The van der Waals surface area contributed by atoms with Crippen LogP contribution in [0.2, 0.25) is 10.0 Å². The minimum atomic E-state index is -1.76. The number of rotatable bonds is 7. The van der Waals surface area contributed by atoms with Crippen LogP contribution >= 0.6 is 23.2 Å². The maximum Gasteiger partial charge on any atom is 0.257 e. The number of amides is 1. The quantitative estimate of drug-likeness (QED) is 0.324. The maximum atomic E-state index is 16.3. The van der Waals surface area contributed by atoms with E-state index in [2.05, 4.69) is 15.1 Å². The second-order valence-corrected chi connectivity index (χ2v) is 10.7. The normalized spacial score (nSPS) is 21.8. The molecule has 1 aliphatic carbocycles. The molecule has 1 saturated carbocycles. The first-order valence-corrected chi connectivity index (χ1v) is 13.2. The lowest BCUT2D eigenvalue weighted by molar-refractivity contribution is -0.191. The van der Waals surface area contributed by atoms with Gasteiger partial charge in [0.1, 0.15) is 11.6 Å². The molecule has 6 rings (SSSR count). The first-order valence-electron chi connectivity index (χ1n) is 12.4. The van der Waals surface area contributed by atoms with Crippen molar-refractivity contribution in [1.29, 1.82) is 0 Å². The molecule has 3 heterocycles. The first kappa shape index (κ1) is 26.5. The molecule has 12 heteroatoms. The van der Waals surface area contributed by atoms with Crippen LogP contribution in [0.3, 0.4) is 0 Å². The smallest absolute Gasteiger partial charge is 0.257 e. The molecule has 1 fully saturated rings. The number of ketones is 1. The number of aryl methyl sites for hydroxylation is 1. The summed E-state index contributed by atoms with van der Waals surface area (Å²) in [5.41, 5.74) is -1.16. The number of aromatic nitrogens is 4. The molecule has 40 heavy (non-hydrogen) atoms. The van der Waals surface area contributed by atoms with Gasteiger partial charge in [0.2, 0.25) is 5.72 Å². The number of nitrogens with zero attached hydrogens (tertiary/aromatic N) is 5. The van der Waals surface area contributed by atoms with Crippen LogP contribution in [0.4, 0.5) is 4.39 Å². The van der Waals surface area contributed by atoms with Gasteiger partial charge in [-0.3, -0.25) is 19.2 Å². The van der Waals surface area contributed by atoms with Gasteiger partial charge in [-0.15, -0.1) is 0 Å². The van der Waals surface area contributed by atoms with Crippen molar-refractivity contribution in [2.24, 2.45) is 7.05 Å². The zero-order valence-corrected chi connectivity index (χ0v) is 22.6. The fraction of sp³-hybridized carbons (Fsp3) is 0.250. The number of hydrogen-bond donors (Lipinski definition) is 1. The van der Waals surface area contributed by atoms with E-state index >= 15 is 4.39 Å².